The molecule has 0 saturated carbocycles. The molecule has 0 atom stereocenters. The number of hydrogen-bond acceptors (Lipinski definition) is 4. The number of halogens is 1. The van der Waals surface area contributed by atoms with E-state index < -0.39 is 0 Å². The van der Waals surface area contributed by atoms with Crippen molar-refractivity contribution in [2.75, 3.05) is 73.0 Å². The van der Waals surface area contributed by atoms with E-state index in [9.17, 15) is 9.18 Å². The zero-order valence-corrected chi connectivity index (χ0v) is 18.2. The third-order valence-electron chi connectivity index (χ3n) is 6.51. The van der Waals surface area contributed by atoms with Gasteiger partial charge in [0.15, 0.2) is 0 Å². The molecular formula is C23H37FN4O. The molecule has 0 N–H and O–H groups in total. The van der Waals surface area contributed by atoms with E-state index in [1.165, 1.54) is 6.07 Å². The van der Waals surface area contributed by atoms with Crippen LogP contribution >= 0.6 is 0 Å². The van der Waals surface area contributed by atoms with Crippen LogP contribution in [0.2, 0.25) is 0 Å². The quantitative estimate of drug-likeness (QED) is 0.664. The highest BCUT2D eigenvalue weighted by Gasteiger charge is 2.22. The SMILES string of the molecule is CN1CCN(CCC(=O)N(C)CC2CCN(CCc3cccc(F)c3)CC2)CC1. The summed E-state index contributed by atoms with van der Waals surface area (Å²) >= 11 is 0. The molecule has 2 heterocycles. The van der Waals surface area contributed by atoms with Gasteiger partial charge in [0.25, 0.3) is 0 Å². The van der Waals surface area contributed by atoms with Gasteiger partial charge in [-0.1, -0.05) is 12.1 Å². The summed E-state index contributed by atoms with van der Waals surface area (Å²) in [6.45, 7) is 9.23. The molecule has 2 fully saturated rings. The molecule has 0 radical (unpaired) electrons. The minimum Gasteiger partial charge on any atom is -0.345 e. The molecular weight excluding hydrogens is 367 g/mol. The molecule has 0 unspecified atom stereocenters. The maximum atomic E-state index is 13.3. The molecule has 2 aliphatic heterocycles. The minimum absolute atomic E-state index is 0.151. The first-order valence-electron chi connectivity index (χ1n) is 11.1. The van der Waals surface area contributed by atoms with Crippen molar-refractivity contribution in [1.29, 1.82) is 0 Å². The third-order valence-corrected chi connectivity index (χ3v) is 6.51. The lowest BCUT2D eigenvalue weighted by atomic mass is 9.96. The van der Waals surface area contributed by atoms with Crippen molar-refractivity contribution in [3.05, 3.63) is 35.6 Å². The average Bonchev–Trinajstić information content (AvgIpc) is 2.72. The highest BCUT2D eigenvalue weighted by molar-refractivity contribution is 5.76. The first kappa shape index (κ1) is 22.2. The Labute approximate surface area is 175 Å². The molecule has 1 amide bonds. The molecule has 1 aromatic carbocycles. The molecule has 0 bridgehead atoms. The Morgan fingerprint density at radius 2 is 1.76 bits per heavy atom. The summed E-state index contributed by atoms with van der Waals surface area (Å²) in [5.41, 5.74) is 1.07. The normalized spacial score (nSPS) is 20.1. The van der Waals surface area contributed by atoms with Crippen molar-refractivity contribution in [2.24, 2.45) is 5.92 Å². The molecule has 2 aliphatic rings. The molecule has 29 heavy (non-hydrogen) atoms. The van der Waals surface area contributed by atoms with E-state index in [-0.39, 0.29) is 11.7 Å². The summed E-state index contributed by atoms with van der Waals surface area (Å²) in [6, 6.07) is 6.92. The Morgan fingerprint density at radius 3 is 2.45 bits per heavy atom. The van der Waals surface area contributed by atoms with E-state index in [1.807, 2.05) is 18.0 Å². The van der Waals surface area contributed by atoms with E-state index in [0.29, 0.717) is 12.3 Å². The largest absolute Gasteiger partial charge is 0.345 e. The number of benzene rings is 1. The predicted molar refractivity (Wildman–Crippen MR) is 115 cm³/mol. The lowest BCUT2D eigenvalue weighted by Gasteiger charge is -2.34. The van der Waals surface area contributed by atoms with Gasteiger partial charge in [0.05, 0.1) is 0 Å². The van der Waals surface area contributed by atoms with E-state index >= 15 is 0 Å². The van der Waals surface area contributed by atoms with Gasteiger partial charge in [-0.2, -0.15) is 0 Å². The van der Waals surface area contributed by atoms with E-state index in [1.54, 1.807) is 12.1 Å². The summed E-state index contributed by atoms with van der Waals surface area (Å²) < 4.78 is 13.3. The summed E-state index contributed by atoms with van der Waals surface area (Å²) in [4.78, 5) is 21.7. The number of piperidine rings is 1. The summed E-state index contributed by atoms with van der Waals surface area (Å²) in [5, 5.41) is 0. The Hall–Kier alpha value is -1.50. The van der Waals surface area contributed by atoms with Gasteiger partial charge < -0.3 is 19.6 Å². The number of nitrogens with zero attached hydrogens (tertiary/aromatic N) is 4. The second kappa shape index (κ2) is 11.0. The van der Waals surface area contributed by atoms with Gasteiger partial charge >= 0.3 is 0 Å². The summed E-state index contributed by atoms with van der Waals surface area (Å²) in [6.07, 6.45) is 3.80. The van der Waals surface area contributed by atoms with Crippen molar-refractivity contribution < 1.29 is 9.18 Å². The summed E-state index contributed by atoms with van der Waals surface area (Å²) in [7, 11) is 4.12. The molecule has 1 aromatic rings. The van der Waals surface area contributed by atoms with Crippen molar-refractivity contribution >= 4 is 5.91 Å². The van der Waals surface area contributed by atoms with Crippen LogP contribution in [0.15, 0.2) is 24.3 Å². The standard InChI is InChI=1S/C23H37FN4O/c1-25-14-16-28(17-15-25)13-9-23(29)26(2)19-21-7-11-27(12-8-21)10-6-20-4-3-5-22(24)18-20/h3-5,18,21H,6-17,19H2,1-2H3. The van der Waals surface area contributed by atoms with Gasteiger partial charge in [-0.3, -0.25) is 4.79 Å². The fourth-order valence-corrected chi connectivity index (χ4v) is 4.38. The fraction of sp³-hybridized carbons (Fsp3) is 0.696. The van der Waals surface area contributed by atoms with E-state index in [4.69, 9.17) is 0 Å². The van der Waals surface area contributed by atoms with Crippen LogP contribution in [-0.4, -0.2) is 98.5 Å². The zero-order chi connectivity index (χ0) is 20.6. The van der Waals surface area contributed by atoms with Crippen LogP contribution in [0.4, 0.5) is 4.39 Å². The first-order valence-corrected chi connectivity index (χ1v) is 11.1. The topological polar surface area (TPSA) is 30.0 Å². The second-order valence-electron chi connectivity index (χ2n) is 8.83. The van der Waals surface area contributed by atoms with Crippen molar-refractivity contribution in [2.45, 2.75) is 25.7 Å². The predicted octanol–water partition coefficient (Wildman–Crippen LogP) is 2.18. The van der Waals surface area contributed by atoms with Gasteiger partial charge in [-0.15, -0.1) is 0 Å². The Bertz CT molecular complexity index is 640. The number of piperazine rings is 1. The number of carbonyl (C=O) groups is 1. The van der Waals surface area contributed by atoms with Gasteiger partial charge in [0, 0.05) is 59.3 Å². The van der Waals surface area contributed by atoms with Crippen LogP contribution in [0.1, 0.15) is 24.8 Å². The van der Waals surface area contributed by atoms with Crippen molar-refractivity contribution in [3.63, 3.8) is 0 Å². The van der Waals surface area contributed by atoms with Crippen LogP contribution < -0.4 is 0 Å². The Kier molecular flexibility index (Phi) is 8.45. The molecule has 162 valence electrons. The molecule has 2 saturated heterocycles. The van der Waals surface area contributed by atoms with Crippen LogP contribution in [0, 0.1) is 11.7 Å². The Balaban J connectivity index is 1.30. The molecule has 0 aliphatic carbocycles. The molecule has 3 rings (SSSR count). The fourth-order valence-electron chi connectivity index (χ4n) is 4.38. The van der Waals surface area contributed by atoms with Crippen molar-refractivity contribution in [1.82, 2.24) is 19.6 Å². The lowest BCUT2D eigenvalue weighted by molar-refractivity contribution is -0.131. The van der Waals surface area contributed by atoms with Gasteiger partial charge in [0.1, 0.15) is 5.82 Å². The molecule has 5 nitrogen and oxygen atoms in total. The Morgan fingerprint density at radius 1 is 1.07 bits per heavy atom. The molecule has 0 spiro atoms. The van der Waals surface area contributed by atoms with E-state index in [0.717, 1.165) is 83.7 Å². The van der Waals surface area contributed by atoms with Gasteiger partial charge in [0.2, 0.25) is 5.91 Å². The number of carbonyl (C=O) groups excluding carboxylic acids is 1. The van der Waals surface area contributed by atoms with E-state index in [2.05, 4.69) is 21.7 Å². The minimum atomic E-state index is -0.151. The second-order valence-corrected chi connectivity index (χ2v) is 8.83. The molecule has 6 heteroatoms. The number of likely N-dealkylation sites (tertiary alicyclic amines) is 1. The number of amides is 1. The maximum Gasteiger partial charge on any atom is 0.223 e. The first-order chi connectivity index (χ1) is 14.0. The highest BCUT2D eigenvalue weighted by atomic mass is 19.1. The van der Waals surface area contributed by atoms with Crippen LogP contribution in [0.25, 0.3) is 0 Å². The van der Waals surface area contributed by atoms with Crippen LogP contribution in [0.5, 0.6) is 0 Å². The third kappa shape index (κ3) is 7.36. The smallest absolute Gasteiger partial charge is 0.223 e. The monoisotopic (exact) mass is 404 g/mol. The number of hydrogen-bond donors (Lipinski definition) is 0. The van der Waals surface area contributed by atoms with Gasteiger partial charge in [-0.25, -0.2) is 4.39 Å². The average molecular weight is 405 g/mol. The maximum absolute atomic E-state index is 13.3. The summed E-state index contributed by atoms with van der Waals surface area (Å²) in [5.74, 6) is 0.719. The van der Waals surface area contributed by atoms with Crippen molar-refractivity contribution in [3.8, 4) is 0 Å². The van der Waals surface area contributed by atoms with Crippen LogP contribution in [0.3, 0.4) is 0 Å². The number of likely N-dealkylation sites (N-methyl/N-ethyl adjacent to an activating group) is 1. The van der Waals surface area contributed by atoms with Gasteiger partial charge in [-0.05, 0) is 63.0 Å². The highest BCUT2D eigenvalue weighted by Crippen LogP contribution is 2.19. The van der Waals surface area contributed by atoms with Crippen LogP contribution in [-0.2, 0) is 11.2 Å². The number of rotatable bonds is 8. The zero-order valence-electron chi connectivity index (χ0n) is 18.2. The lowest BCUT2D eigenvalue weighted by Crippen LogP contribution is -2.46. The molecule has 0 aromatic heterocycles.